The predicted molar refractivity (Wildman–Crippen MR) is 58.8 cm³/mol. The number of alkyl halides is 2. The van der Waals surface area contributed by atoms with E-state index in [1.807, 2.05) is 6.20 Å². The molecule has 0 saturated carbocycles. The maximum Gasteiger partial charge on any atom is 0.265 e. The highest BCUT2D eigenvalue weighted by Gasteiger charge is 2.20. The van der Waals surface area contributed by atoms with Crippen molar-refractivity contribution in [2.24, 2.45) is 0 Å². The average Bonchev–Trinajstić information content (AvgIpc) is 2.91. The number of imidazole rings is 1. The van der Waals surface area contributed by atoms with E-state index >= 15 is 0 Å². The minimum atomic E-state index is -2.42. The van der Waals surface area contributed by atoms with Crippen molar-refractivity contribution in [3.63, 3.8) is 0 Å². The monoisotopic (exact) mass is 240 g/mol. The number of hydrogen-bond acceptors (Lipinski definition) is 2. The second kappa shape index (κ2) is 3.66. The highest BCUT2D eigenvalue weighted by molar-refractivity contribution is 7.08. The maximum atomic E-state index is 12.7. The molecule has 16 heavy (non-hydrogen) atoms. The van der Waals surface area contributed by atoms with Crippen molar-refractivity contribution in [3.8, 4) is 11.3 Å². The van der Waals surface area contributed by atoms with Gasteiger partial charge in [0.05, 0.1) is 5.69 Å². The zero-order chi connectivity index (χ0) is 11.1. The fourth-order valence-electron chi connectivity index (χ4n) is 2.07. The van der Waals surface area contributed by atoms with Gasteiger partial charge >= 0.3 is 0 Å². The van der Waals surface area contributed by atoms with Gasteiger partial charge in [0.15, 0.2) is 0 Å². The van der Waals surface area contributed by atoms with Crippen LogP contribution in [0.3, 0.4) is 0 Å². The number of nitrogens with zero attached hydrogens (tertiary/aromatic N) is 2. The molecule has 3 rings (SSSR count). The molecule has 2 aromatic rings. The van der Waals surface area contributed by atoms with Crippen LogP contribution in [0.25, 0.3) is 11.3 Å². The molecular formula is C11H10F2N2S. The second-order valence-corrected chi connectivity index (χ2v) is 4.62. The topological polar surface area (TPSA) is 17.8 Å². The van der Waals surface area contributed by atoms with E-state index in [0.29, 0.717) is 11.3 Å². The van der Waals surface area contributed by atoms with Gasteiger partial charge in [-0.1, -0.05) is 0 Å². The first kappa shape index (κ1) is 9.96. The highest BCUT2D eigenvalue weighted by atomic mass is 32.1. The summed E-state index contributed by atoms with van der Waals surface area (Å²) >= 11 is 1.30. The molecular weight excluding hydrogens is 230 g/mol. The SMILES string of the molecule is FC(F)c1cscc1-c1cn2c(n1)CCC2. The van der Waals surface area contributed by atoms with E-state index in [0.717, 1.165) is 25.2 Å². The Balaban J connectivity index is 2.05. The summed E-state index contributed by atoms with van der Waals surface area (Å²) in [5, 5.41) is 3.25. The molecule has 1 aliphatic heterocycles. The van der Waals surface area contributed by atoms with Gasteiger partial charge < -0.3 is 4.57 Å². The molecule has 0 N–H and O–H groups in total. The van der Waals surface area contributed by atoms with Crippen LogP contribution in [0.5, 0.6) is 0 Å². The van der Waals surface area contributed by atoms with Crippen LogP contribution in [-0.2, 0) is 13.0 Å². The molecule has 3 heterocycles. The van der Waals surface area contributed by atoms with Crippen LogP contribution in [-0.4, -0.2) is 9.55 Å². The van der Waals surface area contributed by atoms with Crippen molar-refractivity contribution in [2.45, 2.75) is 25.8 Å². The molecule has 84 valence electrons. The second-order valence-electron chi connectivity index (χ2n) is 3.88. The molecule has 2 nitrogen and oxygen atoms in total. The van der Waals surface area contributed by atoms with Crippen LogP contribution in [0, 0.1) is 0 Å². The molecule has 0 unspecified atom stereocenters. The number of aryl methyl sites for hydroxylation is 2. The Hall–Kier alpha value is -1.23. The Morgan fingerprint density at radius 2 is 2.25 bits per heavy atom. The molecule has 2 aromatic heterocycles. The first-order valence-electron chi connectivity index (χ1n) is 5.16. The third-order valence-corrected chi connectivity index (χ3v) is 3.62. The van der Waals surface area contributed by atoms with E-state index in [1.165, 1.54) is 16.7 Å². The lowest BCUT2D eigenvalue weighted by Crippen LogP contribution is -1.87. The summed E-state index contributed by atoms with van der Waals surface area (Å²) in [6.45, 7) is 0.955. The van der Waals surface area contributed by atoms with Crippen LogP contribution in [0.4, 0.5) is 8.78 Å². The standard InChI is InChI=1S/C11H10F2N2S/c12-11(13)8-6-16-5-7(8)9-4-15-3-1-2-10(15)14-9/h4-6,11H,1-3H2. The van der Waals surface area contributed by atoms with E-state index in [1.54, 1.807) is 5.38 Å². The first-order valence-corrected chi connectivity index (χ1v) is 6.10. The van der Waals surface area contributed by atoms with Crippen molar-refractivity contribution in [1.82, 2.24) is 9.55 Å². The first-order chi connectivity index (χ1) is 7.75. The van der Waals surface area contributed by atoms with E-state index in [2.05, 4.69) is 9.55 Å². The quantitative estimate of drug-likeness (QED) is 0.785. The summed E-state index contributed by atoms with van der Waals surface area (Å²) in [7, 11) is 0. The number of rotatable bonds is 2. The van der Waals surface area contributed by atoms with Crippen molar-refractivity contribution >= 4 is 11.3 Å². The van der Waals surface area contributed by atoms with Crippen LogP contribution in [0.2, 0.25) is 0 Å². The van der Waals surface area contributed by atoms with Crippen LogP contribution >= 0.6 is 11.3 Å². The third-order valence-electron chi connectivity index (χ3n) is 2.86. The molecule has 0 fully saturated rings. The number of thiophene rings is 1. The maximum absolute atomic E-state index is 12.7. The number of halogens is 2. The zero-order valence-corrected chi connectivity index (χ0v) is 9.31. The summed E-state index contributed by atoms with van der Waals surface area (Å²) in [6, 6.07) is 0. The summed E-state index contributed by atoms with van der Waals surface area (Å²) in [5.41, 5.74) is 1.37. The Bertz CT molecular complexity index is 494. The van der Waals surface area contributed by atoms with Gasteiger partial charge in [0.1, 0.15) is 5.82 Å². The molecule has 5 heteroatoms. The fourth-order valence-corrected chi connectivity index (χ4v) is 2.91. The van der Waals surface area contributed by atoms with E-state index in [-0.39, 0.29) is 5.56 Å². The normalized spacial score (nSPS) is 14.7. The van der Waals surface area contributed by atoms with Crippen molar-refractivity contribution in [1.29, 1.82) is 0 Å². The summed E-state index contributed by atoms with van der Waals surface area (Å²) in [5.74, 6) is 1.02. The van der Waals surface area contributed by atoms with E-state index < -0.39 is 6.43 Å². The highest BCUT2D eigenvalue weighted by Crippen LogP contribution is 2.34. The number of fused-ring (bicyclic) bond motifs is 1. The van der Waals surface area contributed by atoms with Gasteiger partial charge in [-0.05, 0) is 6.42 Å². The number of hydrogen-bond donors (Lipinski definition) is 0. The van der Waals surface area contributed by atoms with E-state index in [9.17, 15) is 8.78 Å². The van der Waals surface area contributed by atoms with Crippen molar-refractivity contribution < 1.29 is 8.78 Å². The molecule has 0 radical (unpaired) electrons. The molecule has 0 saturated heterocycles. The lowest BCUT2D eigenvalue weighted by molar-refractivity contribution is 0.152. The van der Waals surface area contributed by atoms with E-state index in [4.69, 9.17) is 0 Å². The van der Waals surface area contributed by atoms with Gasteiger partial charge in [-0.2, -0.15) is 11.3 Å². The molecule has 1 aliphatic rings. The lowest BCUT2D eigenvalue weighted by atomic mass is 10.1. The van der Waals surface area contributed by atoms with Crippen molar-refractivity contribution in [3.05, 3.63) is 28.3 Å². The summed E-state index contributed by atoms with van der Waals surface area (Å²) < 4.78 is 27.5. The van der Waals surface area contributed by atoms with Crippen LogP contribution in [0.1, 0.15) is 24.2 Å². The van der Waals surface area contributed by atoms with Crippen molar-refractivity contribution in [2.75, 3.05) is 0 Å². The Morgan fingerprint density at radius 1 is 1.38 bits per heavy atom. The molecule has 0 spiro atoms. The van der Waals surface area contributed by atoms with Gasteiger partial charge in [-0.15, -0.1) is 0 Å². The largest absolute Gasteiger partial charge is 0.334 e. The lowest BCUT2D eigenvalue weighted by Gasteiger charge is -1.99. The third kappa shape index (κ3) is 1.46. The molecule has 0 aliphatic carbocycles. The summed E-state index contributed by atoms with van der Waals surface area (Å²) in [4.78, 5) is 4.41. The van der Waals surface area contributed by atoms with Gasteiger partial charge in [0, 0.05) is 41.0 Å². The zero-order valence-electron chi connectivity index (χ0n) is 8.49. The molecule has 0 bridgehead atoms. The Labute approximate surface area is 95.6 Å². The Kier molecular flexibility index (Phi) is 2.28. The predicted octanol–water partition coefficient (Wildman–Crippen LogP) is 3.50. The van der Waals surface area contributed by atoms with Gasteiger partial charge in [-0.3, -0.25) is 0 Å². The Morgan fingerprint density at radius 3 is 3.00 bits per heavy atom. The average molecular weight is 240 g/mol. The van der Waals surface area contributed by atoms with Gasteiger partial charge in [-0.25, -0.2) is 13.8 Å². The molecule has 0 atom stereocenters. The molecule has 0 amide bonds. The van der Waals surface area contributed by atoms with Crippen LogP contribution in [0.15, 0.2) is 17.0 Å². The number of aromatic nitrogens is 2. The fraction of sp³-hybridized carbons (Fsp3) is 0.364. The minimum absolute atomic E-state index is 0.0989. The summed E-state index contributed by atoms with van der Waals surface area (Å²) in [6.07, 6.45) is 1.52. The minimum Gasteiger partial charge on any atom is -0.334 e. The molecule has 0 aromatic carbocycles. The van der Waals surface area contributed by atoms with Crippen LogP contribution < -0.4 is 0 Å². The smallest absolute Gasteiger partial charge is 0.265 e. The van der Waals surface area contributed by atoms with Gasteiger partial charge in [0.25, 0.3) is 6.43 Å². The van der Waals surface area contributed by atoms with Gasteiger partial charge in [0.2, 0.25) is 0 Å².